The van der Waals surface area contributed by atoms with Gasteiger partial charge in [0.25, 0.3) is 11.8 Å². The molecular formula is C24H33N4O3+. The molecule has 0 radical (unpaired) electrons. The minimum atomic E-state index is -0.266. The monoisotopic (exact) mass is 425 g/mol. The van der Waals surface area contributed by atoms with Crippen LogP contribution in [0.4, 0.5) is 11.4 Å². The van der Waals surface area contributed by atoms with Crippen molar-refractivity contribution in [3.8, 4) is 5.75 Å². The number of anilines is 2. The van der Waals surface area contributed by atoms with Gasteiger partial charge in [0.2, 0.25) is 0 Å². The van der Waals surface area contributed by atoms with Crippen molar-refractivity contribution >= 4 is 23.2 Å². The number of para-hydroxylation sites is 1. The molecule has 0 aromatic heterocycles. The molecule has 3 rings (SSSR count). The number of carbonyl (C=O) groups excluding carboxylic acids is 2. The van der Waals surface area contributed by atoms with Gasteiger partial charge in [0.15, 0.2) is 6.61 Å². The summed E-state index contributed by atoms with van der Waals surface area (Å²) in [5, 5.41) is 5.87. The van der Waals surface area contributed by atoms with E-state index < -0.39 is 0 Å². The second kappa shape index (κ2) is 11.4. The molecule has 0 bridgehead atoms. The van der Waals surface area contributed by atoms with Crippen LogP contribution in [0.3, 0.4) is 0 Å². The molecule has 31 heavy (non-hydrogen) atoms. The zero-order valence-electron chi connectivity index (χ0n) is 18.4. The predicted molar refractivity (Wildman–Crippen MR) is 123 cm³/mol. The molecule has 2 aromatic carbocycles. The molecule has 0 atom stereocenters. The van der Waals surface area contributed by atoms with Crippen LogP contribution in [0.25, 0.3) is 0 Å². The molecule has 1 fully saturated rings. The zero-order valence-corrected chi connectivity index (χ0v) is 18.4. The largest absolute Gasteiger partial charge is 0.484 e. The van der Waals surface area contributed by atoms with E-state index in [1.807, 2.05) is 30.3 Å². The summed E-state index contributed by atoms with van der Waals surface area (Å²) >= 11 is 0. The Kier molecular flexibility index (Phi) is 8.29. The quantitative estimate of drug-likeness (QED) is 0.505. The molecular weight excluding hydrogens is 392 g/mol. The molecule has 2 amide bonds. The Morgan fingerprint density at radius 3 is 2.52 bits per heavy atom. The lowest BCUT2D eigenvalue weighted by molar-refractivity contribution is -0.858. The van der Waals surface area contributed by atoms with Crippen molar-refractivity contribution < 1.29 is 19.2 Å². The molecule has 0 unspecified atom stereocenters. The molecule has 166 valence electrons. The standard InChI is InChI=1S/C24H32N4O3/c1-27(2)14-8-13-25-24(30)21-17-19(11-12-22(21)28-15-6-7-16-28)26-23(29)18-31-20-9-4-3-5-10-20/h3-5,9-12,17H,6-8,13-16,18H2,1-2H3,(H,25,30)(H,26,29)/p+1. The van der Waals surface area contributed by atoms with Gasteiger partial charge in [-0.1, -0.05) is 18.2 Å². The Labute approximate surface area is 184 Å². The van der Waals surface area contributed by atoms with Crippen LogP contribution in [0.15, 0.2) is 48.5 Å². The van der Waals surface area contributed by atoms with Crippen LogP contribution in [0.5, 0.6) is 5.75 Å². The zero-order chi connectivity index (χ0) is 22.1. The summed E-state index contributed by atoms with van der Waals surface area (Å²) in [5.41, 5.74) is 2.11. The van der Waals surface area contributed by atoms with E-state index >= 15 is 0 Å². The second-order valence-corrected chi connectivity index (χ2v) is 8.14. The number of ether oxygens (including phenoxy) is 1. The summed E-state index contributed by atoms with van der Waals surface area (Å²) in [7, 11) is 4.20. The average Bonchev–Trinajstić information content (AvgIpc) is 3.30. The van der Waals surface area contributed by atoms with Crippen molar-refractivity contribution in [3.05, 3.63) is 54.1 Å². The number of benzene rings is 2. The number of carbonyl (C=O) groups is 2. The fraction of sp³-hybridized carbons (Fsp3) is 0.417. The van der Waals surface area contributed by atoms with Crippen molar-refractivity contribution in [2.75, 3.05) is 57.1 Å². The molecule has 1 heterocycles. The first kappa shape index (κ1) is 22.6. The fourth-order valence-corrected chi connectivity index (χ4v) is 3.63. The summed E-state index contributed by atoms with van der Waals surface area (Å²) in [6, 6.07) is 14.8. The Morgan fingerprint density at radius 1 is 1.06 bits per heavy atom. The Morgan fingerprint density at radius 2 is 1.81 bits per heavy atom. The number of quaternary nitrogens is 1. The number of hydrogen-bond acceptors (Lipinski definition) is 4. The number of rotatable bonds is 10. The van der Waals surface area contributed by atoms with Crippen LogP contribution in [0.1, 0.15) is 29.6 Å². The number of nitrogens with zero attached hydrogens (tertiary/aromatic N) is 1. The first-order chi connectivity index (χ1) is 15.0. The van der Waals surface area contributed by atoms with Gasteiger partial charge >= 0.3 is 0 Å². The summed E-state index contributed by atoms with van der Waals surface area (Å²) < 4.78 is 5.51. The molecule has 0 aliphatic carbocycles. The van der Waals surface area contributed by atoms with Gasteiger partial charge in [-0.15, -0.1) is 0 Å². The summed E-state index contributed by atoms with van der Waals surface area (Å²) in [6.07, 6.45) is 3.17. The highest BCUT2D eigenvalue weighted by atomic mass is 16.5. The second-order valence-electron chi connectivity index (χ2n) is 8.14. The third-order valence-corrected chi connectivity index (χ3v) is 5.22. The first-order valence-corrected chi connectivity index (χ1v) is 11.0. The van der Waals surface area contributed by atoms with Gasteiger partial charge in [0.1, 0.15) is 5.75 Å². The van der Waals surface area contributed by atoms with Crippen molar-refractivity contribution in [1.29, 1.82) is 0 Å². The molecule has 0 spiro atoms. The third kappa shape index (κ3) is 7.00. The van der Waals surface area contributed by atoms with E-state index in [0.717, 1.165) is 44.6 Å². The third-order valence-electron chi connectivity index (χ3n) is 5.22. The molecule has 7 nitrogen and oxygen atoms in total. The van der Waals surface area contributed by atoms with Gasteiger partial charge in [-0.25, -0.2) is 0 Å². The van der Waals surface area contributed by atoms with E-state index in [9.17, 15) is 9.59 Å². The normalized spacial score (nSPS) is 13.3. The molecule has 2 aromatic rings. The van der Waals surface area contributed by atoms with E-state index in [1.54, 1.807) is 18.2 Å². The van der Waals surface area contributed by atoms with Crippen LogP contribution in [0.2, 0.25) is 0 Å². The van der Waals surface area contributed by atoms with Gasteiger partial charge in [0, 0.05) is 37.4 Å². The van der Waals surface area contributed by atoms with E-state index in [1.165, 1.54) is 4.90 Å². The van der Waals surface area contributed by atoms with E-state index in [-0.39, 0.29) is 18.4 Å². The lowest BCUT2D eigenvalue weighted by Crippen LogP contribution is -3.05. The van der Waals surface area contributed by atoms with Crippen molar-refractivity contribution in [2.24, 2.45) is 0 Å². The maximum atomic E-state index is 12.9. The van der Waals surface area contributed by atoms with Crippen molar-refractivity contribution in [1.82, 2.24) is 5.32 Å². The van der Waals surface area contributed by atoms with Gasteiger partial charge < -0.3 is 25.2 Å². The predicted octanol–water partition coefficient (Wildman–Crippen LogP) is 1.57. The minimum Gasteiger partial charge on any atom is -0.484 e. The summed E-state index contributed by atoms with van der Waals surface area (Å²) in [6.45, 7) is 3.43. The number of nitrogens with one attached hydrogen (secondary N) is 3. The smallest absolute Gasteiger partial charge is 0.262 e. The first-order valence-electron chi connectivity index (χ1n) is 11.0. The van der Waals surface area contributed by atoms with Gasteiger partial charge in [0.05, 0.1) is 26.2 Å². The number of hydrogen-bond donors (Lipinski definition) is 3. The molecule has 0 saturated carbocycles. The van der Waals surface area contributed by atoms with Crippen LogP contribution >= 0.6 is 0 Å². The summed E-state index contributed by atoms with van der Waals surface area (Å²) in [4.78, 5) is 28.9. The Balaban J connectivity index is 1.65. The van der Waals surface area contributed by atoms with Crippen LogP contribution in [0, 0.1) is 0 Å². The molecule has 1 aliphatic heterocycles. The molecule has 7 heteroatoms. The lowest BCUT2D eigenvalue weighted by atomic mass is 10.1. The van der Waals surface area contributed by atoms with Gasteiger partial charge in [-0.3, -0.25) is 9.59 Å². The lowest BCUT2D eigenvalue weighted by Gasteiger charge is -2.22. The van der Waals surface area contributed by atoms with E-state index in [4.69, 9.17) is 4.74 Å². The van der Waals surface area contributed by atoms with Crippen LogP contribution < -0.4 is 25.2 Å². The fourth-order valence-electron chi connectivity index (χ4n) is 3.63. The van der Waals surface area contributed by atoms with Gasteiger partial charge in [-0.05, 0) is 43.2 Å². The number of amides is 2. The van der Waals surface area contributed by atoms with Crippen LogP contribution in [-0.2, 0) is 4.79 Å². The minimum absolute atomic E-state index is 0.0910. The average molecular weight is 426 g/mol. The van der Waals surface area contributed by atoms with Crippen molar-refractivity contribution in [2.45, 2.75) is 19.3 Å². The highest BCUT2D eigenvalue weighted by molar-refractivity contribution is 6.02. The SMILES string of the molecule is C[NH+](C)CCCNC(=O)c1cc(NC(=O)COc2ccccc2)ccc1N1CCCC1. The van der Waals surface area contributed by atoms with Crippen molar-refractivity contribution in [3.63, 3.8) is 0 Å². The maximum absolute atomic E-state index is 12.9. The van der Waals surface area contributed by atoms with Gasteiger partial charge in [-0.2, -0.15) is 0 Å². The highest BCUT2D eigenvalue weighted by Crippen LogP contribution is 2.27. The molecule has 1 aliphatic rings. The maximum Gasteiger partial charge on any atom is 0.262 e. The molecule has 3 N–H and O–H groups in total. The Bertz CT molecular complexity index is 864. The molecule has 1 saturated heterocycles. The van der Waals surface area contributed by atoms with Crippen LogP contribution in [-0.4, -0.2) is 58.7 Å². The highest BCUT2D eigenvalue weighted by Gasteiger charge is 2.20. The van der Waals surface area contributed by atoms with E-state index in [0.29, 0.717) is 23.5 Å². The topological polar surface area (TPSA) is 75.1 Å². The van der Waals surface area contributed by atoms with E-state index in [2.05, 4.69) is 29.6 Å². The summed E-state index contributed by atoms with van der Waals surface area (Å²) in [5.74, 6) is 0.270. The Hall–Kier alpha value is -3.06.